The maximum atomic E-state index is 12.5. The predicted octanol–water partition coefficient (Wildman–Crippen LogP) is 3.63. The number of amides is 1. The number of fused-ring (bicyclic) bond motifs is 1. The molecule has 0 bridgehead atoms. The highest BCUT2D eigenvalue weighted by Crippen LogP contribution is 2.33. The molecule has 0 spiro atoms. The number of hydrogen-bond acceptors (Lipinski definition) is 3. The molecule has 1 unspecified atom stereocenters. The van der Waals surface area contributed by atoms with Crippen LogP contribution >= 0.6 is 0 Å². The van der Waals surface area contributed by atoms with Crippen molar-refractivity contribution in [3.63, 3.8) is 0 Å². The summed E-state index contributed by atoms with van der Waals surface area (Å²) in [5.74, 6) is 1.63. The SMILES string of the molecule is O=C(Nc1ccccc1)c1ccc(C[NH+]2CCC[C@@H]2c2ccc3c(c2)OCCO3)cc1. The van der Waals surface area contributed by atoms with Gasteiger partial charge in [-0.05, 0) is 42.5 Å². The molecule has 2 aliphatic heterocycles. The molecule has 2 atom stereocenters. The number of carbonyl (C=O) groups excluding carboxylic acids is 1. The Morgan fingerprint density at radius 3 is 2.52 bits per heavy atom. The van der Waals surface area contributed by atoms with Crippen LogP contribution < -0.4 is 19.7 Å². The molecule has 0 aromatic heterocycles. The maximum absolute atomic E-state index is 12.5. The van der Waals surface area contributed by atoms with Gasteiger partial charge in [-0.1, -0.05) is 30.3 Å². The third kappa shape index (κ3) is 4.42. The molecule has 0 aliphatic carbocycles. The summed E-state index contributed by atoms with van der Waals surface area (Å²) in [7, 11) is 0. The van der Waals surface area contributed by atoms with Gasteiger partial charge < -0.3 is 19.7 Å². The highest BCUT2D eigenvalue weighted by Gasteiger charge is 2.31. The lowest BCUT2D eigenvalue weighted by atomic mass is 10.0. The molecule has 1 saturated heterocycles. The van der Waals surface area contributed by atoms with Gasteiger partial charge in [-0.3, -0.25) is 4.79 Å². The van der Waals surface area contributed by atoms with Gasteiger partial charge in [0.15, 0.2) is 11.5 Å². The van der Waals surface area contributed by atoms with Crippen molar-refractivity contribution in [1.82, 2.24) is 0 Å². The number of quaternary nitrogens is 1. The molecule has 1 amide bonds. The molecule has 2 N–H and O–H groups in total. The van der Waals surface area contributed by atoms with E-state index in [2.05, 4.69) is 29.6 Å². The Labute approximate surface area is 182 Å². The van der Waals surface area contributed by atoms with Crippen LogP contribution in [0.3, 0.4) is 0 Å². The van der Waals surface area contributed by atoms with Crippen LogP contribution in [-0.4, -0.2) is 25.7 Å². The fourth-order valence-corrected chi connectivity index (χ4v) is 4.56. The highest BCUT2D eigenvalue weighted by atomic mass is 16.6. The Hall–Kier alpha value is -3.31. The number of carbonyl (C=O) groups is 1. The molecule has 31 heavy (non-hydrogen) atoms. The summed E-state index contributed by atoms with van der Waals surface area (Å²) < 4.78 is 11.5. The van der Waals surface area contributed by atoms with E-state index < -0.39 is 0 Å². The fraction of sp³-hybridized carbons (Fsp3) is 0.269. The van der Waals surface area contributed by atoms with Crippen molar-refractivity contribution in [2.75, 3.05) is 25.1 Å². The van der Waals surface area contributed by atoms with E-state index in [4.69, 9.17) is 9.47 Å². The Balaban J connectivity index is 1.25. The van der Waals surface area contributed by atoms with Crippen molar-refractivity contribution in [3.8, 4) is 11.5 Å². The monoisotopic (exact) mass is 415 g/mol. The minimum atomic E-state index is -0.0829. The molecule has 3 aromatic carbocycles. The van der Waals surface area contributed by atoms with Gasteiger partial charge in [0, 0.05) is 35.2 Å². The van der Waals surface area contributed by atoms with Gasteiger partial charge in [0.1, 0.15) is 25.8 Å². The molecule has 1 fully saturated rings. The second-order valence-electron chi connectivity index (χ2n) is 8.20. The average molecular weight is 416 g/mol. The summed E-state index contributed by atoms with van der Waals surface area (Å²) in [6.45, 7) is 3.32. The first-order valence-corrected chi connectivity index (χ1v) is 11.0. The van der Waals surface area contributed by atoms with E-state index in [1.54, 1.807) is 4.90 Å². The van der Waals surface area contributed by atoms with Gasteiger partial charge in [-0.2, -0.15) is 0 Å². The van der Waals surface area contributed by atoms with Crippen LogP contribution in [0.1, 0.15) is 40.4 Å². The van der Waals surface area contributed by atoms with Gasteiger partial charge in [0.2, 0.25) is 0 Å². The van der Waals surface area contributed by atoms with E-state index in [0.717, 1.165) is 30.3 Å². The van der Waals surface area contributed by atoms with Crippen molar-refractivity contribution in [2.45, 2.75) is 25.4 Å². The Bertz CT molecular complexity index is 1050. The van der Waals surface area contributed by atoms with Gasteiger partial charge in [0.05, 0.1) is 6.54 Å². The summed E-state index contributed by atoms with van der Waals surface area (Å²) in [4.78, 5) is 14.0. The second-order valence-corrected chi connectivity index (χ2v) is 8.20. The quantitative estimate of drug-likeness (QED) is 0.669. The lowest BCUT2D eigenvalue weighted by Gasteiger charge is -2.24. The summed E-state index contributed by atoms with van der Waals surface area (Å²) in [6, 6.07) is 24.4. The van der Waals surface area contributed by atoms with Crippen LogP contribution in [0.15, 0.2) is 72.8 Å². The molecule has 2 aliphatic rings. The number of anilines is 1. The van der Waals surface area contributed by atoms with E-state index >= 15 is 0 Å². The number of hydrogen-bond donors (Lipinski definition) is 2. The number of likely N-dealkylation sites (tertiary alicyclic amines) is 1. The molecule has 5 rings (SSSR count). The standard InChI is InChI=1S/C26H26N2O3/c29-26(27-22-5-2-1-3-6-22)20-10-8-19(9-11-20)18-28-14-4-7-23(28)21-12-13-24-25(17-21)31-16-15-30-24/h1-3,5-6,8-13,17,23H,4,7,14-16,18H2,(H,27,29)/p+1/t23-/m1/s1. The van der Waals surface area contributed by atoms with Crippen molar-refractivity contribution in [1.29, 1.82) is 0 Å². The van der Waals surface area contributed by atoms with Gasteiger partial charge in [-0.25, -0.2) is 0 Å². The summed E-state index contributed by atoms with van der Waals surface area (Å²) in [6.07, 6.45) is 2.39. The third-order valence-electron chi connectivity index (χ3n) is 6.13. The first-order chi connectivity index (χ1) is 15.3. The molecule has 158 valence electrons. The zero-order valence-corrected chi connectivity index (χ0v) is 17.5. The van der Waals surface area contributed by atoms with E-state index in [9.17, 15) is 4.79 Å². The van der Waals surface area contributed by atoms with Crippen LogP contribution in [0, 0.1) is 0 Å². The predicted molar refractivity (Wildman–Crippen MR) is 120 cm³/mol. The summed E-state index contributed by atoms with van der Waals surface area (Å²) in [5, 5.41) is 2.94. The van der Waals surface area contributed by atoms with E-state index in [1.807, 2.05) is 48.5 Å². The lowest BCUT2D eigenvalue weighted by molar-refractivity contribution is -0.932. The zero-order valence-electron chi connectivity index (χ0n) is 17.5. The molecular formula is C26H27N2O3+. The minimum absolute atomic E-state index is 0.0829. The number of benzene rings is 3. The van der Waals surface area contributed by atoms with Crippen molar-refractivity contribution in [2.24, 2.45) is 0 Å². The molecule has 0 radical (unpaired) electrons. The Morgan fingerprint density at radius 1 is 0.935 bits per heavy atom. The minimum Gasteiger partial charge on any atom is -0.486 e. The second kappa shape index (κ2) is 8.82. The topological polar surface area (TPSA) is 52.0 Å². The van der Waals surface area contributed by atoms with Gasteiger partial charge >= 0.3 is 0 Å². The highest BCUT2D eigenvalue weighted by molar-refractivity contribution is 6.04. The maximum Gasteiger partial charge on any atom is 0.255 e. The van der Waals surface area contributed by atoms with Crippen molar-refractivity contribution in [3.05, 3.63) is 89.5 Å². The van der Waals surface area contributed by atoms with E-state index in [-0.39, 0.29) is 5.91 Å². The summed E-state index contributed by atoms with van der Waals surface area (Å²) >= 11 is 0. The van der Waals surface area contributed by atoms with Crippen LogP contribution in [0.2, 0.25) is 0 Å². The third-order valence-corrected chi connectivity index (χ3v) is 6.13. The first kappa shape index (κ1) is 19.6. The van der Waals surface area contributed by atoms with E-state index in [0.29, 0.717) is 24.8 Å². The van der Waals surface area contributed by atoms with Crippen LogP contribution in [0.25, 0.3) is 0 Å². The molecule has 5 nitrogen and oxygen atoms in total. The molecule has 5 heteroatoms. The fourth-order valence-electron chi connectivity index (χ4n) is 4.56. The Morgan fingerprint density at radius 2 is 1.71 bits per heavy atom. The van der Waals surface area contributed by atoms with Crippen LogP contribution in [0.4, 0.5) is 5.69 Å². The number of rotatable bonds is 5. The molecular weight excluding hydrogens is 388 g/mol. The zero-order chi connectivity index (χ0) is 21.0. The lowest BCUT2D eigenvalue weighted by Crippen LogP contribution is -3.08. The smallest absolute Gasteiger partial charge is 0.255 e. The number of nitrogens with one attached hydrogen (secondary N) is 2. The van der Waals surface area contributed by atoms with Crippen LogP contribution in [-0.2, 0) is 6.54 Å². The van der Waals surface area contributed by atoms with Crippen LogP contribution in [0.5, 0.6) is 11.5 Å². The van der Waals surface area contributed by atoms with Gasteiger partial charge in [0.25, 0.3) is 5.91 Å². The van der Waals surface area contributed by atoms with E-state index in [1.165, 1.54) is 24.0 Å². The van der Waals surface area contributed by atoms with Crippen molar-refractivity contribution >= 4 is 11.6 Å². The number of para-hydroxylation sites is 1. The van der Waals surface area contributed by atoms with Crippen molar-refractivity contribution < 1.29 is 19.2 Å². The largest absolute Gasteiger partial charge is 0.486 e. The number of ether oxygens (including phenoxy) is 2. The molecule has 0 saturated carbocycles. The molecule has 3 aromatic rings. The Kier molecular flexibility index (Phi) is 5.59. The van der Waals surface area contributed by atoms with Gasteiger partial charge in [-0.15, -0.1) is 0 Å². The molecule has 2 heterocycles. The summed E-state index contributed by atoms with van der Waals surface area (Å²) in [5.41, 5.74) is 4.04. The average Bonchev–Trinajstić information content (AvgIpc) is 3.28. The first-order valence-electron chi connectivity index (χ1n) is 11.0. The normalized spacial score (nSPS) is 19.7.